The molecule has 1 N–H and O–H groups in total. The van der Waals surface area contributed by atoms with Gasteiger partial charge in [-0.25, -0.2) is 0 Å². The SMILES string of the molecule is C=CCNC(=C)/C(C)=C(C)/C=C\C.CC. The van der Waals surface area contributed by atoms with Gasteiger partial charge in [-0.1, -0.05) is 38.7 Å². The van der Waals surface area contributed by atoms with Crippen LogP contribution in [0.3, 0.4) is 0 Å². The van der Waals surface area contributed by atoms with Crippen molar-refractivity contribution in [3.8, 4) is 0 Å². The van der Waals surface area contributed by atoms with Crippen molar-refractivity contribution in [1.29, 1.82) is 0 Å². The van der Waals surface area contributed by atoms with Gasteiger partial charge in [0.2, 0.25) is 0 Å². The first-order valence-electron chi connectivity index (χ1n) is 5.47. The number of hydrogen-bond donors (Lipinski definition) is 1. The summed E-state index contributed by atoms with van der Waals surface area (Å²) in [5.74, 6) is 0. The Morgan fingerprint density at radius 3 is 2.20 bits per heavy atom. The lowest BCUT2D eigenvalue weighted by Crippen LogP contribution is -2.13. The van der Waals surface area contributed by atoms with Gasteiger partial charge in [-0.3, -0.25) is 0 Å². The molecule has 1 heteroatoms. The molecule has 0 radical (unpaired) electrons. The van der Waals surface area contributed by atoms with Crippen molar-refractivity contribution in [2.75, 3.05) is 6.54 Å². The quantitative estimate of drug-likeness (QED) is 0.526. The summed E-state index contributed by atoms with van der Waals surface area (Å²) in [6, 6.07) is 0. The molecule has 0 aromatic rings. The zero-order chi connectivity index (χ0) is 12.3. The standard InChI is InChI=1S/C12H19N.C2H6/c1-6-8-10(3)11(4)12(5)13-9-7-2;1-2/h6-8,13H,2,5,9H2,1,3-4H3;1-2H3/b8-6-,11-10+;. The summed E-state index contributed by atoms with van der Waals surface area (Å²) in [6.45, 7) is 18.5. The van der Waals surface area contributed by atoms with Crippen molar-refractivity contribution >= 4 is 0 Å². The highest BCUT2D eigenvalue weighted by atomic mass is 14.9. The highest BCUT2D eigenvalue weighted by molar-refractivity contribution is 5.34. The molecular formula is C14H25N. The summed E-state index contributed by atoms with van der Waals surface area (Å²) in [7, 11) is 0. The van der Waals surface area contributed by atoms with E-state index in [1.165, 1.54) is 11.1 Å². The molecular weight excluding hydrogens is 182 g/mol. The second-order valence-electron chi connectivity index (χ2n) is 2.96. The number of allylic oxidation sites excluding steroid dienone is 4. The second kappa shape index (κ2) is 10.8. The van der Waals surface area contributed by atoms with Crippen LogP contribution in [0.15, 0.2) is 48.2 Å². The lowest BCUT2D eigenvalue weighted by Gasteiger charge is -2.09. The molecule has 0 fully saturated rings. The van der Waals surface area contributed by atoms with Crippen molar-refractivity contribution in [2.45, 2.75) is 34.6 Å². The highest BCUT2D eigenvalue weighted by Gasteiger charge is 1.97. The third kappa shape index (κ3) is 7.80. The minimum absolute atomic E-state index is 0.763. The minimum atomic E-state index is 0.763. The molecule has 0 saturated heterocycles. The molecule has 0 aromatic heterocycles. The Morgan fingerprint density at radius 1 is 1.27 bits per heavy atom. The smallest absolute Gasteiger partial charge is 0.0328 e. The summed E-state index contributed by atoms with van der Waals surface area (Å²) < 4.78 is 0. The predicted octanol–water partition coefficient (Wildman–Crippen LogP) is 4.21. The number of nitrogens with one attached hydrogen (secondary N) is 1. The van der Waals surface area contributed by atoms with Crippen LogP contribution in [0.2, 0.25) is 0 Å². The molecule has 0 atom stereocenters. The molecule has 0 unspecified atom stereocenters. The van der Waals surface area contributed by atoms with Gasteiger partial charge in [-0.15, -0.1) is 6.58 Å². The van der Waals surface area contributed by atoms with Gasteiger partial charge in [0.05, 0.1) is 0 Å². The molecule has 0 aliphatic rings. The van der Waals surface area contributed by atoms with Crippen molar-refractivity contribution < 1.29 is 0 Å². The summed E-state index contributed by atoms with van der Waals surface area (Å²) in [4.78, 5) is 0. The molecule has 0 aliphatic carbocycles. The Bertz CT molecular complexity index is 244. The maximum Gasteiger partial charge on any atom is 0.0328 e. The average Bonchev–Trinajstić information content (AvgIpc) is 2.27. The van der Waals surface area contributed by atoms with Gasteiger partial charge >= 0.3 is 0 Å². The fraction of sp³-hybridized carbons (Fsp3) is 0.429. The van der Waals surface area contributed by atoms with Gasteiger partial charge in [0.25, 0.3) is 0 Å². The largest absolute Gasteiger partial charge is 0.382 e. The lowest BCUT2D eigenvalue weighted by molar-refractivity contribution is 0.915. The maximum atomic E-state index is 3.94. The third-order valence-electron chi connectivity index (χ3n) is 1.92. The van der Waals surface area contributed by atoms with Crippen molar-refractivity contribution in [2.24, 2.45) is 0 Å². The van der Waals surface area contributed by atoms with E-state index in [1.54, 1.807) is 0 Å². The van der Waals surface area contributed by atoms with Crippen LogP contribution in [-0.2, 0) is 0 Å². The van der Waals surface area contributed by atoms with E-state index in [4.69, 9.17) is 0 Å². The second-order valence-corrected chi connectivity index (χ2v) is 2.96. The fourth-order valence-corrected chi connectivity index (χ4v) is 0.941. The molecule has 0 aliphatic heterocycles. The molecule has 0 aromatic carbocycles. The Hall–Kier alpha value is -1.24. The Morgan fingerprint density at radius 2 is 1.80 bits per heavy atom. The van der Waals surface area contributed by atoms with Gasteiger partial charge in [-0.2, -0.15) is 0 Å². The molecule has 0 heterocycles. The van der Waals surface area contributed by atoms with Crippen LogP contribution in [0.25, 0.3) is 0 Å². The topological polar surface area (TPSA) is 12.0 Å². The first kappa shape index (κ1) is 16.2. The van der Waals surface area contributed by atoms with Gasteiger partial charge in [-0.05, 0) is 31.9 Å². The Labute approximate surface area is 95.3 Å². The molecule has 0 saturated carbocycles. The van der Waals surface area contributed by atoms with E-state index in [0.717, 1.165) is 12.2 Å². The van der Waals surface area contributed by atoms with E-state index in [0.29, 0.717) is 0 Å². The summed E-state index contributed by atoms with van der Waals surface area (Å²) in [5, 5.41) is 3.17. The molecule has 86 valence electrons. The van der Waals surface area contributed by atoms with Gasteiger partial charge in [0.1, 0.15) is 0 Å². The predicted molar refractivity (Wildman–Crippen MR) is 71.9 cm³/mol. The highest BCUT2D eigenvalue weighted by Crippen LogP contribution is 2.10. The van der Waals surface area contributed by atoms with E-state index in [-0.39, 0.29) is 0 Å². The number of hydrogen-bond acceptors (Lipinski definition) is 1. The zero-order valence-electron chi connectivity index (χ0n) is 10.9. The van der Waals surface area contributed by atoms with Crippen LogP contribution in [-0.4, -0.2) is 6.54 Å². The molecule has 1 nitrogen and oxygen atoms in total. The van der Waals surface area contributed by atoms with E-state index in [1.807, 2.05) is 32.9 Å². The maximum absolute atomic E-state index is 3.94. The van der Waals surface area contributed by atoms with Crippen LogP contribution in [0.5, 0.6) is 0 Å². The zero-order valence-corrected chi connectivity index (χ0v) is 10.9. The van der Waals surface area contributed by atoms with E-state index in [2.05, 4.69) is 38.4 Å². The van der Waals surface area contributed by atoms with Crippen LogP contribution in [0, 0.1) is 0 Å². The molecule has 0 bridgehead atoms. The van der Waals surface area contributed by atoms with Gasteiger partial charge in [0.15, 0.2) is 0 Å². The average molecular weight is 207 g/mol. The van der Waals surface area contributed by atoms with E-state index in [9.17, 15) is 0 Å². The lowest BCUT2D eigenvalue weighted by atomic mass is 10.1. The van der Waals surface area contributed by atoms with Crippen LogP contribution >= 0.6 is 0 Å². The molecule has 0 spiro atoms. The van der Waals surface area contributed by atoms with Crippen LogP contribution in [0.1, 0.15) is 34.6 Å². The molecule has 0 amide bonds. The van der Waals surface area contributed by atoms with E-state index < -0.39 is 0 Å². The monoisotopic (exact) mass is 207 g/mol. The summed E-state index contributed by atoms with van der Waals surface area (Å²) >= 11 is 0. The van der Waals surface area contributed by atoms with Crippen LogP contribution in [0.4, 0.5) is 0 Å². The van der Waals surface area contributed by atoms with Crippen LogP contribution < -0.4 is 5.32 Å². The molecule has 15 heavy (non-hydrogen) atoms. The first-order chi connectivity index (χ1) is 7.13. The normalized spacial score (nSPS) is 11.3. The van der Waals surface area contributed by atoms with Crippen molar-refractivity contribution in [3.05, 3.63) is 48.2 Å². The van der Waals surface area contributed by atoms with Gasteiger partial charge in [0, 0.05) is 12.2 Å². The minimum Gasteiger partial charge on any atom is -0.382 e. The third-order valence-corrected chi connectivity index (χ3v) is 1.92. The summed E-state index contributed by atoms with van der Waals surface area (Å²) in [5.41, 5.74) is 3.40. The summed E-state index contributed by atoms with van der Waals surface area (Å²) in [6.07, 6.45) is 5.93. The number of rotatable bonds is 5. The van der Waals surface area contributed by atoms with Gasteiger partial charge < -0.3 is 5.32 Å². The first-order valence-corrected chi connectivity index (χ1v) is 5.47. The fourth-order valence-electron chi connectivity index (χ4n) is 0.941. The molecule has 0 rings (SSSR count). The van der Waals surface area contributed by atoms with Crippen molar-refractivity contribution in [1.82, 2.24) is 5.32 Å². The Kier molecular flexibility index (Phi) is 11.7. The van der Waals surface area contributed by atoms with Crippen molar-refractivity contribution in [3.63, 3.8) is 0 Å². The Balaban J connectivity index is 0. The van der Waals surface area contributed by atoms with E-state index >= 15 is 0 Å².